The number of benzene rings is 2. The Kier molecular flexibility index (Phi) is 6.85. The van der Waals surface area contributed by atoms with Gasteiger partial charge < -0.3 is 19.9 Å². The van der Waals surface area contributed by atoms with Crippen LogP contribution in [0.1, 0.15) is 10.4 Å². The predicted molar refractivity (Wildman–Crippen MR) is 101 cm³/mol. The highest BCUT2D eigenvalue weighted by Gasteiger charge is 2.23. The normalized spacial score (nSPS) is 11.7. The summed E-state index contributed by atoms with van der Waals surface area (Å²) in [6, 6.07) is 8.92. The van der Waals surface area contributed by atoms with Gasteiger partial charge >= 0.3 is 12.1 Å². The minimum Gasteiger partial charge on any atom is -0.373 e. The summed E-state index contributed by atoms with van der Waals surface area (Å²) in [5, 5.41) is 0.409. The summed E-state index contributed by atoms with van der Waals surface area (Å²) in [6.45, 7) is 0. The van der Waals surface area contributed by atoms with E-state index in [1.54, 1.807) is 24.3 Å². The molecule has 1 amide bonds. The summed E-state index contributed by atoms with van der Waals surface area (Å²) in [6.07, 6.45) is -1.31. The van der Waals surface area contributed by atoms with Crippen LogP contribution in [-0.2, 0) is 15.8 Å². The van der Waals surface area contributed by atoms with Crippen LogP contribution < -0.4 is 10.6 Å². The molecular formula is C15H11Cl3N2O5S. The van der Waals surface area contributed by atoms with Crippen molar-refractivity contribution in [2.45, 2.75) is 0 Å². The zero-order valence-corrected chi connectivity index (χ0v) is 15.9. The first-order valence-electron chi connectivity index (χ1n) is 6.80. The second-order valence-corrected chi connectivity index (χ2v) is 7.00. The van der Waals surface area contributed by atoms with Gasteiger partial charge in [-0.1, -0.05) is 34.8 Å². The number of esters is 1. The zero-order valence-electron chi connectivity index (χ0n) is 12.8. The molecule has 0 saturated heterocycles. The first kappa shape index (κ1) is 20.5. The number of nitrogens with two attached hydrogens (primary N) is 1. The lowest BCUT2D eigenvalue weighted by Crippen LogP contribution is -2.23. The van der Waals surface area contributed by atoms with E-state index < -0.39 is 23.1 Å². The Labute approximate surface area is 165 Å². The fraction of sp³-hybridized carbons (Fsp3) is 0.0667. The van der Waals surface area contributed by atoms with Gasteiger partial charge in [-0.05, 0) is 36.4 Å². The average molecular weight is 438 g/mol. The topological polar surface area (TPSA) is 110 Å². The number of halogens is 3. The van der Waals surface area contributed by atoms with Gasteiger partial charge in [0.15, 0.2) is 11.1 Å². The molecule has 0 spiro atoms. The maximum atomic E-state index is 12.0. The van der Waals surface area contributed by atoms with Crippen molar-refractivity contribution in [2.24, 2.45) is 5.73 Å². The third-order valence-electron chi connectivity index (χ3n) is 3.10. The number of ether oxygens (including phenoxy) is 1. The van der Waals surface area contributed by atoms with Crippen molar-refractivity contribution in [1.82, 2.24) is 0 Å². The van der Waals surface area contributed by atoms with Crippen LogP contribution in [-0.4, -0.2) is 26.7 Å². The highest BCUT2D eigenvalue weighted by molar-refractivity contribution is 7.79. The molecule has 2 aromatic rings. The standard InChI is InChI=1S/C15H11Cl3N2O5S/c16-8-1-3-10(4-2-8)20(7-26(23)24)12-6-9(17)5-11(13(12)18)14(21)25-15(19)22/h1-6H,7H2,(H2,19,22)(H,23,24). The Balaban J connectivity index is 2.58. The van der Waals surface area contributed by atoms with Gasteiger partial charge in [-0.25, -0.2) is 13.8 Å². The monoisotopic (exact) mass is 436 g/mol. The van der Waals surface area contributed by atoms with Crippen LogP contribution in [0.25, 0.3) is 0 Å². The third-order valence-corrected chi connectivity index (χ3v) is 4.45. The van der Waals surface area contributed by atoms with Crippen LogP contribution in [0, 0.1) is 0 Å². The van der Waals surface area contributed by atoms with Gasteiger partial charge in [-0.15, -0.1) is 0 Å². The second kappa shape index (κ2) is 8.70. The van der Waals surface area contributed by atoms with E-state index in [4.69, 9.17) is 40.5 Å². The SMILES string of the molecule is NC(=O)OC(=O)c1cc(Cl)cc(N(CS(=O)O)c2ccc(Cl)cc2)c1Cl. The fourth-order valence-corrected chi connectivity index (χ4v) is 3.22. The highest BCUT2D eigenvalue weighted by Crippen LogP contribution is 2.37. The molecule has 0 fully saturated rings. The Morgan fingerprint density at radius 1 is 1.12 bits per heavy atom. The maximum absolute atomic E-state index is 12.0. The molecule has 26 heavy (non-hydrogen) atoms. The van der Waals surface area contributed by atoms with Crippen molar-refractivity contribution < 1.29 is 23.1 Å². The van der Waals surface area contributed by atoms with Crippen LogP contribution in [0.2, 0.25) is 15.1 Å². The van der Waals surface area contributed by atoms with E-state index in [0.717, 1.165) is 0 Å². The van der Waals surface area contributed by atoms with E-state index in [0.29, 0.717) is 10.7 Å². The molecule has 2 aromatic carbocycles. The number of anilines is 2. The van der Waals surface area contributed by atoms with E-state index in [1.165, 1.54) is 17.0 Å². The molecule has 0 heterocycles. The summed E-state index contributed by atoms with van der Waals surface area (Å²) in [7, 11) is 0. The van der Waals surface area contributed by atoms with Crippen molar-refractivity contribution in [3.05, 3.63) is 57.0 Å². The lowest BCUT2D eigenvalue weighted by molar-refractivity contribution is 0.0638. The van der Waals surface area contributed by atoms with E-state index in [2.05, 4.69) is 4.74 Å². The fourth-order valence-electron chi connectivity index (χ4n) is 2.08. The molecule has 3 N–H and O–H groups in total. The number of amides is 1. The molecule has 11 heteroatoms. The van der Waals surface area contributed by atoms with Gasteiger partial charge in [0.1, 0.15) is 5.88 Å². The molecule has 1 unspecified atom stereocenters. The zero-order chi connectivity index (χ0) is 19.4. The molecule has 0 aliphatic carbocycles. The van der Waals surface area contributed by atoms with Crippen molar-refractivity contribution in [3.63, 3.8) is 0 Å². The lowest BCUT2D eigenvalue weighted by Gasteiger charge is -2.25. The van der Waals surface area contributed by atoms with Crippen molar-refractivity contribution >= 4 is 69.3 Å². The maximum Gasteiger partial charge on any atom is 0.412 e. The molecule has 7 nitrogen and oxygen atoms in total. The number of hydrogen-bond donors (Lipinski definition) is 2. The smallest absolute Gasteiger partial charge is 0.373 e. The molecular weight excluding hydrogens is 427 g/mol. The quantitative estimate of drug-likeness (QED) is 0.412. The van der Waals surface area contributed by atoms with E-state index in [9.17, 15) is 18.4 Å². The molecule has 0 aromatic heterocycles. The van der Waals surface area contributed by atoms with Crippen molar-refractivity contribution in [2.75, 3.05) is 10.8 Å². The predicted octanol–water partition coefficient (Wildman–Crippen LogP) is 4.20. The van der Waals surface area contributed by atoms with Gasteiger partial charge in [-0.2, -0.15) is 0 Å². The van der Waals surface area contributed by atoms with E-state index >= 15 is 0 Å². The number of rotatable bonds is 5. The molecule has 1 atom stereocenters. The number of primary amides is 1. The third kappa shape index (κ3) is 5.09. The summed E-state index contributed by atoms with van der Waals surface area (Å²) >= 11 is 15.9. The number of hydrogen-bond acceptors (Lipinski definition) is 5. The molecule has 2 rings (SSSR count). The molecule has 0 saturated carbocycles. The Hall–Kier alpha value is -1.84. The molecule has 138 valence electrons. The Bertz CT molecular complexity index is 876. The van der Waals surface area contributed by atoms with Crippen LogP contribution in [0.15, 0.2) is 36.4 Å². The minimum atomic E-state index is -2.24. The Morgan fingerprint density at radius 3 is 2.27 bits per heavy atom. The summed E-state index contributed by atoms with van der Waals surface area (Å²) in [5.41, 5.74) is 5.23. The second-order valence-electron chi connectivity index (χ2n) is 4.85. The molecule has 0 bridgehead atoms. The van der Waals surface area contributed by atoms with Crippen LogP contribution >= 0.6 is 34.8 Å². The average Bonchev–Trinajstić information content (AvgIpc) is 2.54. The largest absolute Gasteiger partial charge is 0.412 e. The summed E-state index contributed by atoms with van der Waals surface area (Å²) in [4.78, 5) is 24.2. The molecule has 0 aliphatic rings. The van der Waals surface area contributed by atoms with E-state index in [1.807, 2.05) is 0 Å². The van der Waals surface area contributed by atoms with Crippen molar-refractivity contribution in [3.8, 4) is 0 Å². The first-order chi connectivity index (χ1) is 12.2. The molecule has 0 radical (unpaired) electrons. The van der Waals surface area contributed by atoms with Gasteiger partial charge in [0.2, 0.25) is 0 Å². The van der Waals surface area contributed by atoms with E-state index in [-0.39, 0.29) is 27.2 Å². The Morgan fingerprint density at radius 2 is 1.73 bits per heavy atom. The van der Waals surface area contributed by atoms with Crippen LogP contribution in [0.4, 0.5) is 16.2 Å². The van der Waals surface area contributed by atoms with Gasteiger partial charge in [0.25, 0.3) is 0 Å². The van der Waals surface area contributed by atoms with Gasteiger partial charge in [0, 0.05) is 15.7 Å². The van der Waals surface area contributed by atoms with Crippen molar-refractivity contribution in [1.29, 1.82) is 0 Å². The van der Waals surface area contributed by atoms with Gasteiger partial charge in [-0.3, -0.25) is 0 Å². The van der Waals surface area contributed by atoms with Crippen LogP contribution in [0.5, 0.6) is 0 Å². The lowest BCUT2D eigenvalue weighted by atomic mass is 10.1. The minimum absolute atomic E-state index is 0.0866. The first-order valence-corrected chi connectivity index (χ1v) is 9.21. The molecule has 0 aliphatic heterocycles. The summed E-state index contributed by atoms with van der Waals surface area (Å²) in [5.74, 6) is -1.47. The van der Waals surface area contributed by atoms with Crippen LogP contribution in [0.3, 0.4) is 0 Å². The highest BCUT2D eigenvalue weighted by atomic mass is 35.5. The number of nitrogens with zero attached hydrogens (tertiary/aromatic N) is 1. The van der Waals surface area contributed by atoms with Gasteiger partial charge in [0.05, 0.1) is 16.3 Å². The number of carbonyl (C=O) groups excluding carboxylic acids is 2. The number of carbonyl (C=O) groups is 2. The summed E-state index contributed by atoms with van der Waals surface area (Å²) < 4.78 is 25.1.